The number of hydrogen-bond acceptors (Lipinski definition) is 4. The Balaban J connectivity index is 1.54. The van der Waals surface area contributed by atoms with Crippen LogP contribution in [0.4, 0.5) is 23.2 Å². The molecule has 3 aromatic heterocycles. The first-order valence-electron chi connectivity index (χ1n) is 9.73. The molecule has 0 aliphatic rings. The molecule has 0 saturated heterocycles. The average molecular weight is 481 g/mol. The Morgan fingerprint density at radius 3 is 2.64 bits per heavy atom. The van der Waals surface area contributed by atoms with Gasteiger partial charge in [-0.15, -0.1) is 0 Å². The Morgan fingerprint density at radius 1 is 1.18 bits per heavy atom. The molecule has 172 valence electrons. The number of nitrogens with one attached hydrogen (secondary N) is 1. The third-order valence-corrected chi connectivity index (χ3v) is 5.26. The number of aromatic nitrogens is 5. The molecule has 1 aromatic carbocycles. The van der Waals surface area contributed by atoms with Gasteiger partial charge in [-0.3, -0.25) is 9.48 Å². The Hall–Kier alpha value is -3.47. The fourth-order valence-corrected chi connectivity index (χ4v) is 3.65. The van der Waals surface area contributed by atoms with Gasteiger partial charge < -0.3 is 5.32 Å². The van der Waals surface area contributed by atoms with Crippen LogP contribution in [-0.4, -0.2) is 30.5 Å². The van der Waals surface area contributed by atoms with Gasteiger partial charge in [0.25, 0.3) is 12.9 Å². The molecule has 7 nitrogen and oxygen atoms in total. The predicted molar refractivity (Wildman–Crippen MR) is 114 cm³/mol. The lowest BCUT2D eigenvalue weighted by Crippen LogP contribution is -2.19. The first-order valence-corrected chi connectivity index (χ1v) is 10.1. The summed E-state index contributed by atoms with van der Waals surface area (Å²) in [7, 11) is 0. The number of amides is 1. The van der Waals surface area contributed by atoms with Gasteiger partial charge in [-0.05, 0) is 24.6 Å². The molecule has 0 fully saturated rings. The summed E-state index contributed by atoms with van der Waals surface area (Å²) < 4.78 is 55.9. The first kappa shape index (κ1) is 22.7. The van der Waals surface area contributed by atoms with Gasteiger partial charge in [0.15, 0.2) is 5.65 Å². The molecule has 0 spiro atoms. The van der Waals surface area contributed by atoms with Crippen LogP contribution in [0.15, 0.2) is 42.7 Å². The molecule has 0 radical (unpaired) electrons. The number of benzene rings is 1. The van der Waals surface area contributed by atoms with E-state index >= 15 is 0 Å². The molecule has 0 atom stereocenters. The number of alkyl halides is 4. The third-order valence-electron chi connectivity index (χ3n) is 4.89. The van der Waals surface area contributed by atoms with Crippen LogP contribution < -0.4 is 5.32 Å². The summed E-state index contributed by atoms with van der Waals surface area (Å²) in [5.41, 5.74) is -0.219. The van der Waals surface area contributed by atoms with Crippen molar-refractivity contribution in [2.75, 3.05) is 5.32 Å². The minimum atomic E-state index is -3.05. The van der Waals surface area contributed by atoms with E-state index in [4.69, 9.17) is 11.6 Å². The summed E-state index contributed by atoms with van der Waals surface area (Å²) >= 11 is 6.15. The lowest BCUT2D eigenvalue weighted by atomic mass is 10.1. The second kappa shape index (κ2) is 9.18. The van der Waals surface area contributed by atoms with Gasteiger partial charge in [0.1, 0.15) is 12.2 Å². The molecular formula is C21H17ClF4N6O. The van der Waals surface area contributed by atoms with Gasteiger partial charge in [-0.2, -0.15) is 10.2 Å². The van der Waals surface area contributed by atoms with Crippen LogP contribution in [0, 0.1) is 6.92 Å². The first-order chi connectivity index (χ1) is 15.7. The Bertz CT molecular complexity index is 1320. The normalized spacial score (nSPS) is 11.6. The molecule has 4 aromatic rings. The number of nitrogens with zero attached hydrogens (tertiary/aromatic N) is 5. The average Bonchev–Trinajstić information content (AvgIpc) is 3.32. The topological polar surface area (TPSA) is 77.6 Å². The van der Waals surface area contributed by atoms with Crippen LogP contribution in [0.5, 0.6) is 0 Å². The molecule has 0 aliphatic carbocycles. The van der Waals surface area contributed by atoms with Crippen molar-refractivity contribution in [1.82, 2.24) is 24.5 Å². The number of carbonyl (C=O) groups is 1. The molecule has 1 N–H and O–H groups in total. The largest absolute Gasteiger partial charge is 0.322 e. The highest BCUT2D eigenvalue weighted by Crippen LogP contribution is 2.32. The summed E-state index contributed by atoms with van der Waals surface area (Å²) in [4.78, 5) is 16.3. The second-order valence-corrected chi connectivity index (χ2v) is 7.65. The Labute approximate surface area is 190 Å². The monoisotopic (exact) mass is 480 g/mol. The molecule has 4 rings (SSSR count). The fourth-order valence-electron chi connectivity index (χ4n) is 3.45. The van der Waals surface area contributed by atoms with Crippen LogP contribution in [-0.2, 0) is 17.9 Å². The lowest BCUT2D eigenvalue weighted by molar-refractivity contribution is -0.116. The van der Waals surface area contributed by atoms with Crippen molar-refractivity contribution in [1.29, 1.82) is 0 Å². The maximum absolute atomic E-state index is 13.5. The van der Waals surface area contributed by atoms with Crippen LogP contribution >= 0.6 is 11.6 Å². The molecular weight excluding hydrogens is 464 g/mol. The number of hydrogen-bond donors (Lipinski definition) is 1. The fraction of sp³-hybridized carbons (Fsp3) is 0.238. The standard InChI is InChI=1S/C21H17ClF4N6O/c1-11-18-14(19(23)24)6-16(20(25)26)29-21(18)32(30-11)10-17(33)28-13-7-27-31(9-13)8-12-4-2-3-5-15(12)22/h2-7,9,19-20H,8,10H2,1H3,(H,28,33). The molecule has 0 unspecified atom stereocenters. The minimum absolute atomic E-state index is 0.0465. The van der Waals surface area contributed by atoms with Crippen molar-refractivity contribution in [3.8, 4) is 0 Å². The summed E-state index contributed by atoms with van der Waals surface area (Å²) in [6.45, 7) is 1.42. The van der Waals surface area contributed by atoms with Gasteiger partial charge in [-0.25, -0.2) is 27.2 Å². The summed E-state index contributed by atoms with van der Waals surface area (Å²) in [5.74, 6) is -0.556. The van der Waals surface area contributed by atoms with E-state index < -0.39 is 36.6 Å². The van der Waals surface area contributed by atoms with Crippen LogP contribution in [0.25, 0.3) is 11.0 Å². The summed E-state index contributed by atoms with van der Waals surface area (Å²) in [6.07, 6.45) is -3.02. The number of fused-ring (bicyclic) bond motifs is 1. The van der Waals surface area contributed by atoms with Crippen LogP contribution in [0.3, 0.4) is 0 Å². The van der Waals surface area contributed by atoms with Gasteiger partial charge in [0.05, 0.1) is 29.5 Å². The quantitative estimate of drug-likeness (QED) is 0.371. The smallest absolute Gasteiger partial charge is 0.280 e. The van der Waals surface area contributed by atoms with E-state index in [-0.39, 0.29) is 16.7 Å². The molecule has 33 heavy (non-hydrogen) atoms. The van der Waals surface area contributed by atoms with Crippen LogP contribution in [0.2, 0.25) is 5.02 Å². The highest BCUT2D eigenvalue weighted by Gasteiger charge is 2.24. The lowest BCUT2D eigenvalue weighted by Gasteiger charge is -2.08. The number of rotatable bonds is 7. The van der Waals surface area contributed by atoms with Crippen LogP contribution in [0.1, 0.15) is 35.4 Å². The van der Waals surface area contributed by atoms with E-state index in [1.807, 2.05) is 18.2 Å². The summed E-state index contributed by atoms with van der Waals surface area (Å²) in [5, 5.41) is 11.4. The molecule has 3 heterocycles. The number of halogens is 5. The highest BCUT2D eigenvalue weighted by atomic mass is 35.5. The van der Waals surface area contributed by atoms with Gasteiger partial charge in [0.2, 0.25) is 5.91 Å². The summed E-state index contributed by atoms with van der Waals surface area (Å²) in [6, 6.07) is 7.93. The highest BCUT2D eigenvalue weighted by molar-refractivity contribution is 6.31. The van der Waals surface area contributed by atoms with Crippen molar-refractivity contribution in [3.63, 3.8) is 0 Å². The van der Waals surface area contributed by atoms with Crippen molar-refractivity contribution >= 4 is 34.2 Å². The SMILES string of the molecule is Cc1nn(CC(=O)Nc2cnn(Cc3ccccc3Cl)c2)c2nc(C(F)F)cc(C(F)F)c12. The number of anilines is 1. The maximum atomic E-state index is 13.5. The number of carbonyl (C=O) groups excluding carboxylic acids is 1. The molecule has 0 saturated carbocycles. The minimum Gasteiger partial charge on any atom is -0.322 e. The van der Waals surface area contributed by atoms with E-state index in [1.54, 1.807) is 16.9 Å². The van der Waals surface area contributed by atoms with Gasteiger partial charge >= 0.3 is 0 Å². The van der Waals surface area contributed by atoms with E-state index in [1.165, 1.54) is 13.1 Å². The number of aryl methyl sites for hydroxylation is 1. The van der Waals surface area contributed by atoms with Crippen molar-refractivity contribution in [2.24, 2.45) is 0 Å². The zero-order valence-electron chi connectivity index (χ0n) is 17.1. The number of pyridine rings is 1. The molecule has 1 amide bonds. The van der Waals surface area contributed by atoms with E-state index in [0.717, 1.165) is 10.2 Å². The Morgan fingerprint density at radius 2 is 1.94 bits per heavy atom. The zero-order chi connectivity index (χ0) is 23.7. The van der Waals surface area contributed by atoms with Gasteiger partial charge in [-0.1, -0.05) is 29.8 Å². The van der Waals surface area contributed by atoms with E-state index in [0.29, 0.717) is 23.3 Å². The molecule has 12 heteroatoms. The second-order valence-electron chi connectivity index (χ2n) is 7.25. The maximum Gasteiger partial charge on any atom is 0.280 e. The van der Waals surface area contributed by atoms with Crippen molar-refractivity contribution < 1.29 is 22.4 Å². The van der Waals surface area contributed by atoms with E-state index in [9.17, 15) is 22.4 Å². The zero-order valence-corrected chi connectivity index (χ0v) is 17.9. The van der Waals surface area contributed by atoms with Crippen molar-refractivity contribution in [3.05, 3.63) is 70.3 Å². The molecule has 0 bridgehead atoms. The molecule has 0 aliphatic heterocycles. The Kier molecular flexibility index (Phi) is 6.32. The van der Waals surface area contributed by atoms with Crippen molar-refractivity contribution in [2.45, 2.75) is 32.9 Å². The third kappa shape index (κ3) is 4.82. The van der Waals surface area contributed by atoms with Gasteiger partial charge in [0, 0.05) is 16.8 Å². The van der Waals surface area contributed by atoms with E-state index in [2.05, 4.69) is 20.5 Å². The predicted octanol–water partition coefficient (Wildman–Crippen LogP) is 5.15.